The van der Waals surface area contributed by atoms with E-state index in [1.807, 2.05) is 12.1 Å². The van der Waals surface area contributed by atoms with Crippen molar-refractivity contribution in [1.29, 1.82) is 0 Å². The van der Waals surface area contributed by atoms with E-state index in [9.17, 15) is 4.79 Å². The van der Waals surface area contributed by atoms with Gasteiger partial charge in [-0.3, -0.25) is 9.80 Å². The van der Waals surface area contributed by atoms with E-state index in [1.165, 1.54) is 0 Å². The zero-order valence-corrected chi connectivity index (χ0v) is 8.20. The van der Waals surface area contributed by atoms with E-state index in [0.717, 1.165) is 11.6 Å². The number of benzene rings is 1. The Hall–Kier alpha value is -1.49. The lowest BCUT2D eigenvalue weighted by atomic mass is 10.1. The highest BCUT2D eigenvalue weighted by molar-refractivity contribution is 8.12. The second-order valence-corrected chi connectivity index (χ2v) is 3.60. The van der Waals surface area contributed by atoms with Crippen LogP contribution >= 0.6 is 11.8 Å². The molecule has 0 aromatic heterocycles. The molecular formula is C9H9N3OS. The Kier molecular flexibility index (Phi) is 2.41. The highest BCUT2D eigenvalue weighted by Gasteiger charge is 2.15. The van der Waals surface area contributed by atoms with Crippen molar-refractivity contribution in [2.45, 2.75) is 0 Å². The fourth-order valence-electron chi connectivity index (χ4n) is 1.27. The molecule has 14 heavy (non-hydrogen) atoms. The molecule has 0 atom stereocenters. The SMILES string of the molecule is NC(=O)c1ccccc1N1CSC=N1. The van der Waals surface area contributed by atoms with Gasteiger partial charge in [0.15, 0.2) is 0 Å². The van der Waals surface area contributed by atoms with E-state index in [-0.39, 0.29) is 0 Å². The lowest BCUT2D eigenvalue weighted by Gasteiger charge is -2.15. The normalized spacial score (nSPS) is 14.7. The fraction of sp³-hybridized carbons (Fsp3) is 0.111. The first kappa shape index (κ1) is 9.08. The van der Waals surface area contributed by atoms with Crippen molar-refractivity contribution < 1.29 is 4.79 Å². The predicted molar refractivity (Wildman–Crippen MR) is 58.4 cm³/mol. The minimum atomic E-state index is -0.423. The van der Waals surface area contributed by atoms with Gasteiger partial charge in [-0.2, -0.15) is 5.10 Å². The topological polar surface area (TPSA) is 58.7 Å². The first-order valence-electron chi connectivity index (χ1n) is 4.09. The summed E-state index contributed by atoms with van der Waals surface area (Å²) in [5.74, 6) is 0.303. The van der Waals surface area contributed by atoms with Crippen molar-refractivity contribution >= 4 is 28.9 Å². The van der Waals surface area contributed by atoms with Crippen LogP contribution in [0, 0.1) is 0 Å². The molecule has 1 amide bonds. The number of hydrazone groups is 1. The van der Waals surface area contributed by atoms with Crippen molar-refractivity contribution in [3.8, 4) is 0 Å². The number of thioether (sulfide) groups is 1. The molecule has 0 saturated carbocycles. The minimum Gasteiger partial charge on any atom is -0.366 e. The maximum absolute atomic E-state index is 11.1. The number of nitrogens with zero attached hydrogens (tertiary/aromatic N) is 2. The zero-order chi connectivity index (χ0) is 9.97. The Bertz CT molecular complexity index is 391. The van der Waals surface area contributed by atoms with Crippen molar-refractivity contribution in [2.24, 2.45) is 10.8 Å². The molecule has 0 bridgehead atoms. The van der Waals surface area contributed by atoms with Gasteiger partial charge in [0.2, 0.25) is 0 Å². The highest BCUT2D eigenvalue weighted by Crippen LogP contribution is 2.24. The van der Waals surface area contributed by atoms with Gasteiger partial charge in [-0.15, -0.1) is 0 Å². The zero-order valence-electron chi connectivity index (χ0n) is 7.38. The van der Waals surface area contributed by atoms with Crippen molar-refractivity contribution in [3.63, 3.8) is 0 Å². The van der Waals surface area contributed by atoms with Crippen LogP contribution in [-0.4, -0.2) is 17.3 Å². The molecule has 1 aliphatic rings. The Labute approximate surface area is 85.8 Å². The molecule has 4 nitrogen and oxygen atoms in total. The van der Waals surface area contributed by atoms with Crippen LogP contribution in [0.4, 0.5) is 5.69 Å². The number of hydrogen-bond acceptors (Lipinski definition) is 4. The number of primary amides is 1. The summed E-state index contributed by atoms with van der Waals surface area (Å²) in [6, 6.07) is 7.19. The first-order chi connectivity index (χ1) is 6.79. The summed E-state index contributed by atoms with van der Waals surface area (Å²) in [7, 11) is 0. The number of rotatable bonds is 2. The highest BCUT2D eigenvalue weighted by atomic mass is 32.2. The van der Waals surface area contributed by atoms with E-state index in [2.05, 4.69) is 5.10 Å². The van der Waals surface area contributed by atoms with Crippen LogP contribution in [0.25, 0.3) is 0 Å². The molecule has 1 aliphatic heterocycles. The van der Waals surface area contributed by atoms with E-state index in [1.54, 1.807) is 34.5 Å². The molecule has 0 aliphatic carbocycles. The largest absolute Gasteiger partial charge is 0.366 e. The smallest absolute Gasteiger partial charge is 0.250 e. The number of carbonyl (C=O) groups is 1. The summed E-state index contributed by atoms with van der Waals surface area (Å²) in [4.78, 5) is 11.1. The monoisotopic (exact) mass is 207 g/mol. The van der Waals surface area contributed by atoms with Gasteiger partial charge in [0.1, 0.15) is 0 Å². The van der Waals surface area contributed by atoms with Gasteiger partial charge < -0.3 is 5.73 Å². The molecule has 0 unspecified atom stereocenters. The van der Waals surface area contributed by atoms with Crippen molar-refractivity contribution in [1.82, 2.24) is 0 Å². The third-order valence-corrected chi connectivity index (χ3v) is 2.54. The van der Waals surface area contributed by atoms with Gasteiger partial charge in [-0.25, -0.2) is 0 Å². The van der Waals surface area contributed by atoms with Gasteiger partial charge in [-0.1, -0.05) is 23.9 Å². The van der Waals surface area contributed by atoms with E-state index in [0.29, 0.717) is 5.56 Å². The van der Waals surface area contributed by atoms with Crippen molar-refractivity contribution in [2.75, 3.05) is 10.9 Å². The Morgan fingerprint density at radius 2 is 2.29 bits per heavy atom. The van der Waals surface area contributed by atoms with Crippen LogP contribution in [0.5, 0.6) is 0 Å². The summed E-state index contributed by atoms with van der Waals surface area (Å²) in [6.07, 6.45) is 0. The standard InChI is InChI=1S/C9H9N3OS/c10-9(13)7-3-1-2-4-8(7)12-6-14-5-11-12/h1-5H,6H2,(H2,10,13). The number of anilines is 1. The van der Waals surface area contributed by atoms with Crippen LogP contribution in [0.1, 0.15) is 10.4 Å². The first-order valence-corrected chi connectivity index (χ1v) is 5.14. The molecule has 5 heteroatoms. The van der Waals surface area contributed by atoms with Crippen LogP contribution in [0.3, 0.4) is 0 Å². The summed E-state index contributed by atoms with van der Waals surface area (Å²) in [5, 5.41) is 5.87. The second-order valence-electron chi connectivity index (χ2n) is 2.80. The molecule has 1 aromatic carbocycles. The van der Waals surface area contributed by atoms with Gasteiger partial charge in [-0.05, 0) is 12.1 Å². The van der Waals surface area contributed by atoms with Crippen LogP contribution < -0.4 is 10.7 Å². The molecule has 2 rings (SSSR count). The second kappa shape index (κ2) is 3.71. The van der Waals surface area contributed by atoms with Crippen LogP contribution in [0.2, 0.25) is 0 Å². The molecule has 0 saturated heterocycles. The van der Waals surface area contributed by atoms with Gasteiger partial charge in [0, 0.05) is 0 Å². The van der Waals surface area contributed by atoms with E-state index in [4.69, 9.17) is 5.73 Å². The Balaban J connectivity index is 2.40. The maximum Gasteiger partial charge on any atom is 0.250 e. The Morgan fingerprint density at radius 1 is 1.50 bits per heavy atom. The summed E-state index contributed by atoms with van der Waals surface area (Å²) in [5.41, 5.74) is 8.28. The van der Waals surface area contributed by atoms with E-state index < -0.39 is 5.91 Å². The van der Waals surface area contributed by atoms with Crippen molar-refractivity contribution in [3.05, 3.63) is 29.8 Å². The molecule has 0 fully saturated rings. The molecule has 72 valence electrons. The average molecular weight is 207 g/mol. The van der Waals surface area contributed by atoms with Crippen LogP contribution in [-0.2, 0) is 0 Å². The number of amides is 1. The number of hydrogen-bond donors (Lipinski definition) is 1. The molecule has 2 N–H and O–H groups in total. The number of nitrogens with two attached hydrogens (primary N) is 1. The fourth-order valence-corrected chi connectivity index (χ4v) is 1.86. The summed E-state index contributed by atoms with van der Waals surface area (Å²) in [6.45, 7) is 0. The third kappa shape index (κ3) is 1.58. The quantitative estimate of drug-likeness (QED) is 0.793. The Morgan fingerprint density at radius 3 is 2.93 bits per heavy atom. The lowest BCUT2D eigenvalue weighted by Crippen LogP contribution is -2.18. The maximum atomic E-state index is 11.1. The average Bonchev–Trinajstić information content (AvgIpc) is 2.70. The van der Waals surface area contributed by atoms with Gasteiger partial charge in [0.25, 0.3) is 5.91 Å². The molecule has 1 heterocycles. The molecule has 1 aromatic rings. The van der Waals surface area contributed by atoms with Gasteiger partial charge in [0.05, 0.1) is 22.7 Å². The lowest BCUT2D eigenvalue weighted by molar-refractivity contribution is 0.100. The van der Waals surface area contributed by atoms with E-state index >= 15 is 0 Å². The molecule has 0 radical (unpaired) electrons. The minimum absolute atomic E-state index is 0.423. The summed E-state index contributed by atoms with van der Waals surface area (Å²) >= 11 is 1.58. The van der Waals surface area contributed by atoms with Gasteiger partial charge >= 0.3 is 0 Å². The predicted octanol–water partition coefficient (Wildman–Crippen LogP) is 1.24. The third-order valence-electron chi connectivity index (χ3n) is 1.91. The van der Waals surface area contributed by atoms with Crippen LogP contribution in [0.15, 0.2) is 29.4 Å². The number of para-hydroxylation sites is 1. The summed E-state index contributed by atoms with van der Waals surface area (Å²) < 4.78 is 0. The molecular weight excluding hydrogens is 198 g/mol. The molecule has 0 spiro atoms. The number of carbonyl (C=O) groups excluding carboxylic acids is 1.